The van der Waals surface area contributed by atoms with Gasteiger partial charge in [-0.3, -0.25) is 14.6 Å². The van der Waals surface area contributed by atoms with Gasteiger partial charge >= 0.3 is 0 Å². The zero-order valence-corrected chi connectivity index (χ0v) is 12.5. The summed E-state index contributed by atoms with van der Waals surface area (Å²) in [6.07, 6.45) is 1.19. The second kappa shape index (κ2) is 4.77. The van der Waals surface area contributed by atoms with Gasteiger partial charge in [0.1, 0.15) is 5.75 Å². The van der Waals surface area contributed by atoms with Crippen LogP contribution in [0.4, 0.5) is 5.69 Å². The molecule has 0 spiro atoms. The summed E-state index contributed by atoms with van der Waals surface area (Å²) in [5.74, 6) is -1.93. The van der Waals surface area contributed by atoms with Crippen LogP contribution in [-0.4, -0.2) is 45.2 Å². The quantitative estimate of drug-likeness (QED) is 0.740. The first-order chi connectivity index (χ1) is 10.4. The molecule has 0 fully saturated rings. The molecule has 1 aromatic carbocycles. The average Bonchev–Trinajstić information content (AvgIpc) is 2.50. The van der Waals surface area contributed by atoms with Crippen molar-refractivity contribution in [1.82, 2.24) is 0 Å². The minimum absolute atomic E-state index is 0.0147. The summed E-state index contributed by atoms with van der Waals surface area (Å²) in [5, 5.41) is -1.63. The lowest BCUT2D eigenvalue weighted by Gasteiger charge is -2.25. The van der Waals surface area contributed by atoms with Gasteiger partial charge in [0.15, 0.2) is 20.8 Å². The zero-order valence-electron chi connectivity index (χ0n) is 11.7. The lowest BCUT2D eigenvalue weighted by atomic mass is 10.0. The predicted octanol–water partition coefficient (Wildman–Crippen LogP) is 0.606. The van der Waals surface area contributed by atoms with Crippen LogP contribution in [-0.2, 0) is 24.2 Å². The fraction of sp³-hybridized carbons (Fsp3) is 0.214. The first-order valence-corrected chi connectivity index (χ1v) is 7.79. The van der Waals surface area contributed by atoms with E-state index in [9.17, 15) is 18.0 Å². The van der Waals surface area contributed by atoms with Gasteiger partial charge in [-0.2, -0.15) is 0 Å². The van der Waals surface area contributed by atoms with Crippen molar-refractivity contribution in [3.05, 3.63) is 30.0 Å². The number of aliphatic imine (C=N–C) groups is 1. The standard InChI is InChI=1S/C14H11NO6S/c1-20-7-3-4-8-11(5-7)22(18,19)14-9(15-8)6-10(21-2)12(16)13(14)17/h3-6,14H,1-2H3. The molecular weight excluding hydrogens is 310 g/mol. The van der Waals surface area contributed by atoms with Crippen molar-refractivity contribution in [3.8, 4) is 5.75 Å². The highest BCUT2D eigenvalue weighted by molar-refractivity contribution is 7.94. The highest BCUT2D eigenvalue weighted by atomic mass is 32.2. The van der Waals surface area contributed by atoms with E-state index in [4.69, 9.17) is 9.47 Å². The number of allylic oxidation sites excluding steroid dienone is 2. The molecule has 1 aliphatic heterocycles. The number of methoxy groups -OCH3 is 2. The largest absolute Gasteiger partial charge is 0.497 e. The van der Waals surface area contributed by atoms with Crippen molar-refractivity contribution < 1.29 is 27.5 Å². The highest BCUT2D eigenvalue weighted by Crippen LogP contribution is 2.37. The van der Waals surface area contributed by atoms with Gasteiger partial charge in [-0.15, -0.1) is 0 Å². The van der Waals surface area contributed by atoms with Crippen LogP contribution < -0.4 is 4.74 Å². The molecule has 3 rings (SSSR count). The fourth-order valence-electron chi connectivity index (χ4n) is 2.40. The highest BCUT2D eigenvalue weighted by Gasteiger charge is 2.48. The Morgan fingerprint density at radius 2 is 1.86 bits per heavy atom. The van der Waals surface area contributed by atoms with E-state index in [0.717, 1.165) is 0 Å². The summed E-state index contributed by atoms with van der Waals surface area (Å²) in [7, 11) is -1.44. The summed E-state index contributed by atoms with van der Waals surface area (Å²) < 4.78 is 35.2. The molecule has 7 nitrogen and oxygen atoms in total. The predicted molar refractivity (Wildman–Crippen MR) is 76.2 cm³/mol. The molecule has 1 unspecified atom stereocenters. The van der Waals surface area contributed by atoms with Gasteiger partial charge < -0.3 is 9.47 Å². The van der Waals surface area contributed by atoms with Crippen molar-refractivity contribution in [2.75, 3.05) is 14.2 Å². The van der Waals surface area contributed by atoms with Crippen molar-refractivity contribution >= 4 is 32.8 Å². The van der Waals surface area contributed by atoms with Crippen LogP contribution in [0.15, 0.2) is 39.9 Å². The molecule has 0 amide bonds. The van der Waals surface area contributed by atoms with Gasteiger partial charge in [-0.1, -0.05) is 0 Å². The lowest BCUT2D eigenvalue weighted by Crippen LogP contribution is -2.46. The minimum atomic E-state index is -4.07. The number of carbonyl (C=O) groups is 2. The molecular formula is C14H11NO6S. The number of sulfone groups is 1. The molecule has 8 heteroatoms. The maximum absolute atomic E-state index is 12.7. The first-order valence-electron chi connectivity index (χ1n) is 6.25. The van der Waals surface area contributed by atoms with Gasteiger partial charge in [0.25, 0.3) is 5.78 Å². The number of hydrogen-bond acceptors (Lipinski definition) is 7. The monoisotopic (exact) mass is 321 g/mol. The number of fused-ring (bicyclic) bond motifs is 2. The first kappa shape index (κ1) is 14.5. The molecule has 0 bridgehead atoms. The van der Waals surface area contributed by atoms with Crippen LogP contribution in [0.3, 0.4) is 0 Å². The van der Waals surface area contributed by atoms with Crippen LogP contribution in [0.5, 0.6) is 5.75 Å². The second-order valence-corrected chi connectivity index (χ2v) is 6.70. The molecule has 1 atom stereocenters. The number of ketones is 2. The smallest absolute Gasteiger partial charge is 0.264 e. The molecule has 0 saturated carbocycles. The molecule has 1 aromatic rings. The number of nitrogens with zero attached hydrogens (tertiary/aromatic N) is 1. The number of benzene rings is 1. The zero-order chi connectivity index (χ0) is 16.1. The van der Waals surface area contributed by atoms with Crippen molar-refractivity contribution in [1.29, 1.82) is 0 Å². The SMILES string of the molecule is COC1=CC2=Nc3ccc(OC)cc3S(=O)(=O)C2C(=O)C1=O. The number of ether oxygens (including phenoxy) is 2. The van der Waals surface area contributed by atoms with E-state index in [1.54, 1.807) is 6.07 Å². The molecule has 1 heterocycles. The Morgan fingerprint density at radius 1 is 1.14 bits per heavy atom. The third-order valence-corrected chi connectivity index (χ3v) is 5.50. The van der Waals surface area contributed by atoms with Crippen molar-refractivity contribution in [3.63, 3.8) is 0 Å². The third kappa shape index (κ3) is 1.87. The second-order valence-electron chi connectivity index (χ2n) is 4.70. The normalized spacial score (nSPS) is 22.2. The number of Topliss-reactive ketones (excluding diaryl/α,β-unsaturated/α-hetero) is 2. The Bertz CT molecular complexity index is 865. The van der Waals surface area contributed by atoms with Crippen LogP contribution in [0.1, 0.15) is 0 Å². The lowest BCUT2D eigenvalue weighted by molar-refractivity contribution is -0.135. The summed E-state index contributed by atoms with van der Waals surface area (Å²) in [6, 6.07) is 4.34. The Morgan fingerprint density at radius 3 is 2.50 bits per heavy atom. The Labute approximate surface area is 126 Å². The number of rotatable bonds is 2. The Kier molecular flexibility index (Phi) is 3.13. The molecule has 2 aliphatic rings. The van der Waals surface area contributed by atoms with Crippen LogP contribution >= 0.6 is 0 Å². The Hall–Kier alpha value is -2.48. The van der Waals surface area contributed by atoms with E-state index in [0.29, 0.717) is 5.75 Å². The van der Waals surface area contributed by atoms with Gasteiger partial charge in [0.05, 0.1) is 30.5 Å². The van der Waals surface area contributed by atoms with Crippen LogP contribution in [0, 0.1) is 0 Å². The summed E-state index contributed by atoms with van der Waals surface area (Å²) >= 11 is 0. The molecule has 0 N–H and O–H groups in total. The van der Waals surface area contributed by atoms with E-state index >= 15 is 0 Å². The summed E-state index contributed by atoms with van der Waals surface area (Å²) in [5.41, 5.74) is 0.181. The minimum Gasteiger partial charge on any atom is -0.497 e. The molecule has 22 heavy (non-hydrogen) atoms. The van der Waals surface area contributed by atoms with Crippen molar-refractivity contribution in [2.24, 2.45) is 4.99 Å². The third-order valence-electron chi connectivity index (χ3n) is 3.49. The van der Waals surface area contributed by atoms with E-state index < -0.39 is 26.7 Å². The summed E-state index contributed by atoms with van der Waals surface area (Å²) in [4.78, 5) is 28.0. The number of hydrogen-bond donors (Lipinski definition) is 0. The molecule has 0 aromatic heterocycles. The molecule has 0 saturated heterocycles. The van der Waals surface area contributed by atoms with Crippen LogP contribution in [0.2, 0.25) is 0 Å². The average molecular weight is 321 g/mol. The Balaban J connectivity index is 2.29. The summed E-state index contributed by atoms with van der Waals surface area (Å²) in [6.45, 7) is 0. The fourth-order valence-corrected chi connectivity index (χ4v) is 4.17. The maximum atomic E-state index is 12.7. The molecule has 0 radical (unpaired) electrons. The topological polar surface area (TPSA) is 99.1 Å². The van der Waals surface area contributed by atoms with E-state index in [-0.39, 0.29) is 22.1 Å². The van der Waals surface area contributed by atoms with Crippen molar-refractivity contribution in [2.45, 2.75) is 10.1 Å². The van der Waals surface area contributed by atoms with E-state index in [1.807, 2.05) is 0 Å². The van der Waals surface area contributed by atoms with Crippen LogP contribution in [0.25, 0.3) is 0 Å². The van der Waals surface area contributed by atoms with E-state index in [2.05, 4.69) is 4.99 Å². The van der Waals surface area contributed by atoms with Gasteiger partial charge in [-0.05, 0) is 12.1 Å². The van der Waals surface area contributed by atoms with E-state index in [1.165, 1.54) is 32.4 Å². The van der Waals surface area contributed by atoms with Gasteiger partial charge in [0.2, 0.25) is 5.78 Å². The van der Waals surface area contributed by atoms with Gasteiger partial charge in [0, 0.05) is 12.1 Å². The molecule has 114 valence electrons. The van der Waals surface area contributed by atoms with Gasteiger partial charge in [-0.25, -0.2) is 8.42 Å². The maximum Gasteiger partial charge on any atom is 0.264 e. The molecule has 1 aliphatic carbocycles. The number of carbonyl (C=O) groups excluding carboxylic acids is 2.